The highest BCUT2D eigenvalue weighted by Crippen LogP contribution is 2.22. The Morgan fingerprint density at radius 2 is 1.81 bits per heavy atom. The lowest BCUT2D eigenvalue weighted by molar-refractivity contribution is -0.130. The van der Waals surface area contributed by atoms with Crippen LogP contribution < -0.4 is 10.2 Å². The molecule has 1 atom stereocenters. The summed E-state index contributed by atoms with van der Waals surface area (Å²) in [6.07, 6.45) is 1.79. The average molecular weight is 370 g/mol. The number of carbonyl (C=O) groups is 1. The third-order valence-electron chi connectivity index (χ3n) is 4.97. The van der Waals surface area contributed by atoms with Gasteiger partial charge >= 0.3 is 0 Å². The average Bonchev–Trinajstić information content (AvgIpc) is 2.70. The van der Waals surface area contributed by atoms with Crippen LogP contribution >= 0.6 is 0 Å². The Labute approximate surface area is 160 Å². The van der Waals surface area contributed by atoms with Gasteiger partial charge in [-0.2, -0.15) is 0 Å². The highest BCUT2D eigenvalue weighted by Gasteiger charge is 2.23. The van der Waals surface area contributed by atoms with Crippen LogP contribution in [0.2, 0.25) is 0 Å². The quantitative estimate of drug-likeness (QED) is 0.850. The Bertz CT molecular complexity index is 728. The first-order valence-electron chi connectivity index (χ1n) is 9.47. The highest BCUT2D eigenvalue weighted by molar-refractivity contribution is 5.78. The fourth-order valence-electron chi connectivity index (χ4n) is 3.44. The van der Waals surface area contributed by atoms with E-state index in [1.54, 1.807) is 18.3 Å². The van der Waals surface area contributed by atoms with Gasteiger partial charge in [-0.1, -0.05) is 32.0 Å². The molecular weight excluding hydrogens is 343 g/mol. The number of anilines is 1. The van der Waals surface area contributed by atoms with Crippen LogP contribution in [0.25, 0.3) is 0 Å². The third kappa shape index (κ3) is 5.04. The molecule has 1 amide bonds. The summed E-state index contributed by atoms with van der Waals surface area (Å²) in [5.74, 6) is 1.11. The number of benzene rings is 1. The Kier molecular flexibility index (Phi) is 6.40. The number of aromatic nitrogens is 1. The minimum atomic E-state index is -0.247. The van der Waals surface area contributed by atoms with E-state index in [2.05, 4.69) is 29.0 Å². The largest absolute Gasteiger partial charge is 0.353 e. The van der Waals surface area contributed by atoms with Crippen LogP contribution in [0.5, 0.6) is 0 Å². The predicted octanol–water partition coefficient (Wildman–Crippen LogP) is 2.86. The predicted molar refractivity (Wildman–Crippen MR) is 105 cm³/mol. The molecule has 27 heavy (non-hydrogen) atoms. The molecule has 0 unspecified atom stereocenters. The van der Waals surface area contributed by atoms with Crippen molar-refractivity contribution in [1.82, 2.24) is 15.2 Å². The van der Waals surface area contributed by atoms with E-state index in [0.717, 1.165) is 24.5 Å². The molecular formula is C21H27FN4O. The highest BCUT2D eigenvalue weighted by atomic mass is 19.1. The molecule has 0 saturated carbocycles. The zero-order valence-electron chi connectivity index (χ0n) is 15.9. The standard InChI is InChI=1S/C21H27FN4O/c1-16(2)21(17-6-8-18(22)9-7-17)24-15-20(27)26-13-11-25(12-14-26)19-5-3-4-10-23-19/h3-10,16,21,24H,11-15H2,1-2H3/t21-/m0/s1. The molecule has 0 aliphatic carbocycles. The van der Waals surface area contributed by atoms with Crippen molar-refractivity contribution in [3.63, 3.8) is 0 Å². The van der Waals surface area contributed by atoms with Gasteiger partial charge in [0.25, 0.3) is 0 Å². The van der Waals surface area contributed by atoms with Gasteiger partial charge in [-0.25, -0.2) is 9.37 Å². The van der Waals surface area contributed by atoms with Gasteiger partial charge in [0.2, 0.25) is 5.91 Å². The molecule has 0 bridgehead atoms. The molecule has 2 aromatic rings. The number of rotatable bonds is 6. The maximum Gasteiger partial charge on any atom is 0.236 e. The number of halogens is 1. The lowest BCUT2D eigenvalue weighted by Crippen LogP contribution is -2.51. The first-order chi connectivity index (χ1) is 13.0. The minimum absolute atomic E-state index is 0.0179. The van der Waals surface area contributed by atoms with Crippen molar-refractivity contribution >= 4 is 11.7 Å². The van der Waals surface area contributed by atoms with E-state index in [0.29, 0.717) is 19.0 Å². The summed E-state index contributed by atoms with van der Waals surface area (Å²) in [6, 6.07) is 12.4. The van der Waals surface area contributed by atoms with Crippen molar-refractivity contribution in [3.8, 4) is 0 Å². The lowest BCUT2D eigenvalue weighted by atomic mass is 9.96. The zero-order valence-corrected chi connectivity index (χ0v) is 15.9. The van der Waals surface area contributed by atoms with Crippen molar-refractivity contribution in [3.05, 3.63) is 60.0 Å². The van der Waals surface area contributed by atoms with Gasteiger partial charge in [0.05, 0.1) is 6.54 Å². The van der Waals surface area contributed by atoms with Crippen LogP contribution in [0.4, 0.5) is 10.2 Å². The number of carbonyl (C=O) groups excluding carboxylic acids is 1. The van der Waals surface area contributed by atoms with E-state index < -0.39 is 0 Å². The van der Waals surface area contributed by atoms with E-state index in [1.165, 1.54) is 12.1 Å². The fraction of sp³-hybridized carbons (Fsp3) is 0.429. The van der Waals surface area contributed by atoms with Crippen LogP contribution in [0.1, 0.15) is 25.5 Å². The number of hydrogen-bond acceptors (Lipinski definition) is 4. The molecule has 1 aliphatic rings. The molecule has 144 valence electrons. The van der Waals surface area contributed by atoms with Crippen molar-refractivity contribution < 1.29 is 9.18 Å². The minimum Gasteiger partial charge on any atom is -0.353 e. The third-order valence-corrected chi connectivity index (χ3v) is 4.97. The number of amides is 1. The first kappa shape index (κ1) is 19.3. The molecule has 1 aromatic heterocycles. The maximum absolute atomic E-state index is 13.2. The van der Waals surface area contributed by atoms with Crippen molar-refractivity contribution in [2.24, 2.45) is 5.92 Å². The molecule has 6 heteroatoms. The van der Waals surface area contributed by atoms with Crippen LogP contribution in [0.15, 0.2) is 48.7 Å². The summed E-state index contributed by atoms with van der Waals surface area (Å²) >= 11 is 0. The molecule has 1 aliphatic heterocycles. The summed E-state index contributed by atoms with van der Waals surface area (Å²) in [5.41, 5.74) is 0.999. The Morgan fingerprint density at radius 1 is 1.11 bits per heavy atom. The van der Waals surface area contributed by atoms with Crippen LogP contribution in [0, 0.1) is 11.7 Å². The normalized spacial score (nSPS) is 15.9. The second-order valence-electron chi connectivity index (χ2n) is 7.21. The second-order valence-corrected chi connectivity index (χ2v) is 7.21. The first-order valence-corrected chi connectivity index (χ1v) is 9.47. The van der Waals surface area contributed by atoms with Gasteiger partial charge in [0.15, 0.2) is 0 Å². The molecule has 0 spiro atoms. The molecule has 1 saturated heterocycles. The fourth-order valence-corrected chi connectivity index (χ4v) is 3.44. The monoisotopic (exact) mass is 370 g/mol. The molecule has 3 rings (SSSR count). The maximum atomic E-state index is 13.2. The van der Waals surface area contributed by atoms with Crippen molar-refractivity contribution in [2.45, 2.75) is 19.9 Å². The summed E-state index contributed by atoms with van der Waals surface area (Å²) < 4.78 is 13.2. The second kappa shape index (κ2) is 8.95. The topological polar surface area (TPSA) is 48.5 Å². The van der Waals surface area contributed by atoms with Crippen LogP contribution in [-0.4, -0.2) is 48.5 Å². The van der Waals surface area contributed by atoms with Crippen LogP contribution in [-0.2, 0) is 4.79 Å². The molecule has 1 fully saturated rings. The van der Waals surface area contributed by atoms with Crippen LogP contribution in [0.3, 0.4) is 0 Å². The summed E-state index contributed by atoms with van der Waals surface area (Å²) in [5, 5.41) is 3.36. The van der Waals surface area contributed by atoms with E-state index in [9.17, 15) is 9.18 Å². The van der Waals surface area contributed by atoms with Gasteiger partial charge < -0.3 is 15.1 Å². The number of nitrogens with zero attached hydrogens (tertiary/aromatic N) is 3. The van der Waals surface area contributed by atoms with Gasteiger partial charge in [-0.15, -0.1) is 0 Å². The summed E-state index contributed by atoms with van der Waals surface area (Å²) in [7, 11) is 0. The molecule has 2 heterocycles. The van der Waals surface area contributed by atoms with Gasteiger partial charge in [0.1, 0.15) is 11.6 Å². The number of pyridine rings is 1. The molecule has 5 nitrogen and oxygen atoms in total. The number of nitrogens with one attached hydrogen (secondary N) is 1. The summed E-state index contributed by atoms with van der Waals surface area (Å²) in [4.78, 5) is 21.1. The summed E-state index contributed by atoms with van der Waals surface area (Å²) in [6.45, 7) is 7.43. The smallest absolute Gasteiger partial charge is 0.236 e. The SMILES string of the molecule is CC(C)[C@H](NCC(=O)N1CCN(c2ccccn2)CC1)c1ccc(F)cc1. The van der Waals surface area contributed by atoms with Gasteiger partial charge in [-0.05, 0) is 35.7 Å². The van der Waals surface area contributed by atoms with Crippen molar-refractivity contribution in [2.75, 3.05) is 37.6 Å². The molecule has 1 aromatic carbocycles. The lowest BCUT2D eigenvalue weighted by Gasteiger charge is -2.36. The molecule has 0 radical (unpaired) electrons. The Hall–Kier alpha value is -2.47. The Morgan fingerprint density at radius 3 is 2.41 bits per heavy atom. The van der Waals surface area contributed by atoms with E-state index in [1.807, 2.05) is 23.1 Å². The molecule has 1 N–H and O–H groups in total. The van der Waals surface area contributed by atoms with Crippen molar-refractivity contribution in [1.29, 1.82) is 0 Å². The van der Waals surface area contributed by atoms with E-state index >= 15 is 0 Å². The number of hydrogen-bond donors (Lipinski definition) is 1. The van der Waals surface area contributed by atoms with Gasteiger partial charge in [-0.3, -0.25) is 4.79 Å². The van der Waals surface area contributed by atoms with E-state index in [4.69, 9.17) is 0 Å². The Balaban J connectivity index is 1.52. The van der Waals surface area contributed by atoms with Gasteiger partial charge in [0, 0.05) is 38.4 Å². The van der Waals surface area contributed by atoms with E-state index in [-0.39, 0.29) is 24.3 Å². The zero-order chi connectivity index (χ0) is 19.2. The number of piperazine rings is 1.